The molecule has 1 heterocycles. The number of nitrogens with zero attached hydrogens (tertiary/aromatic N) is 3. The third-order valence-electron chi connectivity index (χ3n) is 2.40. The highest BCUT2D eigenvalue weighted by Gasteiger charge is 2.10. The Morgan fingerprint density at radius 2 is 2.26 bits per heavy atom. The Labute approximate surface area is 113 Å². The van der Waals surface area contributed by atoms with Crippen molar-refractivity contribution in [2.45, 2.75) is 20.0 Å². The van der Waals surface area contributed by atoms with Gasteiger partial charge in [0.05, 0.1) is 6.54 Å². The van der Waals surface area contributed by atoms with Crippen molar-refractivity contribution in [1.82, 2.24) is 15.3 Å². The molecular weight excluding hydrogens is 246 g/mol. The van der Waals surface area contributed by atoms with Gasteiger partial charge in [0.1, 0.15) is 18.2 Å². The van der Waals surface area contributed by atoms with Crippen molar-refractivity contribution in [1.29, 1.82) is 0 Å². The normalized spacial score (nSPS) is 10.3. The van der Waals surface area contributed by atoms with Crippen LogP contribution in [-0.2, 0) is 16.1 Å². The highest BCUT2D eigenvalue weighted by molar-refractivity contribution is 5.80. The predicted octanol–water partition coefficient (Wildman–Crippen LogP) is 0.168. The zero-order valence-electron chi connectivity index (χ0n) is 11.6. The number of nitrogens with two attached hydrogens (primary N) is 1. The standard InChI is InChI=1S/C12H21N5O2/c1-4-5-14-12(18)7-17(2)11-6-9(13)15-10(16-11)8-19-3/h6H,4-5,7-8H2,1-3H3,(H,14,18)(H2,13,15,16). The van der Waals surface area contributed by atoms with Gasteiger partial charge in [-0.2, -0.15) is 0 Å². The molecule has 0 saturated heterocycles. The Morgan fingerprint density at radius 1 is 1.53 bits per heavy atom. The molecule has 0 aromatic carbocycles. The predicted molar refractivity (Wildman–Crippen MR) is 73.7 cm³/mol. The molecule has 1 aromatic heterocycles. The SMILES string of the molecule is CCCNC(=O)CN(C)c1cc(N)nc(COC)n1. The molecule has 106 valence electrons. The number of amides is 1. The fourth-order valence-electron chi connectivity index (χ4n) is 1.51. The maximum absolute atomic E-state index is 11.6. The summed E-state index contributed by atoms with van der Waals surface area (Å²) in [6.45, 7) is 3.19. The summed E-state index contributed by atoms with van der Waals surface area (Å²) in [6.07, 6.45) is 0.911. The number of rotatable bonds is 7. The first kappa shape index (κ1) is 15.2. The third-order valence-corrected chi connectivity index (χ3v) is 2.40. The molecule has 0 bridgehead atoms. The van der Waals surface area contributed by atoms with E-state index in [0.29, 0.717) is 24.0 Å². The van der Waals surface area contributed by atoms with Crippen LogP contribution in [0.5, 0.6) is 0 Å². The number of carbonyl (C=O) groups excluding carboxylic acids is 1. The van der Waals surface area contributed by atoms with Crippen LogP contribution in [-0.4, -0.2) is 43.1 Å². The molecule has 7 heteroatoms. The summed E-state index contributed by atoms with van der Waals surface area (Å²) in [5, 5.41) is 2.81. The van der Waals surface area contributed by atoms with Crippen molar-refractivity contribution in [2.24, 2.45) is 0 Å². The van der Waals surface area contributed by atoms with E-state index < -0.39 is 0 Å². The van der Waals surface area contributed by atoms with Crippen LogP contribution in [0, 0.1) is 0 Å². The van der Waals surface area contributed by atoms with E-state index in [1.54, 1.807) is 25.1 Å². The van der Waals surface area contributed by atoms with Crippen LogP contribution in [0.15, 0.2) is 6.07 Å². The van der Waals surface area contributed by atoms with E-state index in [-0.39, 0.29) is 19.1 Å². The molecule has 3 N–H and O–H groups in total. The number of aromatic nitrogens is 2. The summed E-state index contributed by atoms with van der Waals surface area (Å²) in [5.74, 6) is 1.41. The van der Waals surface area contributed by atoms with Crippen molar-refractivity contribution in [3.05, 3.63) is 11.9 Å². The Morgan fingerprint density at radius 3 is 2.89 bits per heavy atom. The molecule has 0 unspecified atom stereocenters. The van der Waals surface area contributed by atoms with Gasteiger partial charge in [0.25, 0.3) is 0 Å². The number of nitrogen functional groups attached to an aromatic ring is 1. The lowest BCUT2D eigenvalue weighted by atomic mass is 10.4. The minimum absolute atomic E-state index is 0.0465. The van der Waals surface area contributed by atoms with Gasteiger partial charge < -0.3 is 20.7 Å². The van der Waals surface area contributed by atoms with Crippen molar-refractivity contribution in [3.8, 4) is 0 Å². The Balaban J connectivity index is 2.70. The topological polar surface area (TPSA) is 93.4 Å². The van der Waals surface area contributed by atoms with Crippen LogP contribution < -0.4 is 16.0 Å². The lowest BCUT2D eigenvalue weighted by Gasteiger charge is -2.18. The molecule has 7 nitrogen and oxygen atoms in total. The second-order valence-corrected chi connectivity index (χ2v) is 4.21. The monoisotopic (exact) mass is 267 g/mol. The number of hydrogen-bond acceptors (Lipinski definition) is 6. The van der Waals surface area contributed by atoms with Gasteiger partial charge in [-0.25, -0.2) is 9.97 Å². The minimum atomic E-state index is -0.0465. The van der Waals surface area contributed by atoms with E-state index in [9.17, 15) is 4.79 Å². The maximum atomic E-state index is 11.6. The summed E-state index contributed by atoms with van der Waals surface area (Å²) >= 11 is 0. The molecule has 0 saturated carbocycles. The number of likely N-dealkylation sites (N-methyl/N-ethyl adjacent to an activating group) is 1. The van der Waals surface area contributed by atoms with E-state index in [1.807, 2.05) is 6.92 Å². The third kappa shape index (κ3) is 5.09. The number of anilines is 2. The molecule has 0 aliphatic rings. The fourth-order valence-corrected chi connectivity index (χ4v) is 1.51. The molecule has 1 amide bonds. The Kier molecular flexibility index (Phi) is 6.01. The van der Waals surface area contributed by atoms with Gasteiger partial charge in [-0.3, -0.25) is 4.79 Å². The van der Waals surface area contributed by atoms with Crippen LogP contribution in [0.2, 0.25) is 0 Å². The van der Waals surface area contributed by atoms with E-state index >= 15 is 0 Å². The second-order valence-electron chi connectivity index (χ2n) is 4.21. The first-order valence-corrected chi connectivity index (χ1v) is 6.17. The summed E-state index contributed by atoms with van der Waals surface area (Å²) in [7, 11) is 3.35. The smallest absolute Gasteiger partial charge is 0.239 e. The van der Waals surface area contributed by atoms with E-state index in [2.05, 4.69) is 15.3 Å². The number of ether oxygens (including phenoxy) is 1. The maximum Gasteiger partial charge on any atom is 0.239 e. The summed E-state index contributed by atoms with van der Waals surface area (Å²) in [4.78, 5) is 21.7. The molecule has 1 aromatic rings. The molecule has 0 spiro atoms. The van der Waals surface area contributed by atoms with Gasteiger partial charge in [-0.15, -0.1) is 0 Å². The molecule has 19 heavy (non-hydrogen) atoms. The summed E-state index contributed by atoms with van der Waals surface area (Å²) < 4.78 is 4.97. The van der Waals surface area contributed by atoms with E-state index in [1.165, 1.54) is 0 Å². The first-order valence-electron chi connectivity index (χ1n) is 6.17. The average Bonchev–Trinajstić information content (AvgIpc) is 2.36. The van der Waals surface area contributed by atoms with Crippen molar-refractivity contribution >= 4 is 17.5 Å². The van der Waals surface area contributed by atoms with Crippen LogP contribution in [0.4, 0.5) is 11.6 Å². The van der Waals surface area contributed by atoms with Crippen LogP contribution in [0.25, 0.3) is 0 Å². The number of carbonyl (C=O) groups is 1. The molecule has 0 aliphatic carbocycles. The van der Waals surface area contributed by atoms with Gasteiger partial charge in [-0.1, -0.05) is 6.92 Å². The minimum Gasteiger partial charge on any atom is -0.384 e. The summed E-state index contributed by atoms with van der Waals surface area (Å²) in [6, 6.07) is 1.63. The van der Waals surface area contributed by atoms with Crippen LogP contribution >= 0.6 is 0 Å². The Hall–Kier alpha value is -1.89. The molecule has 1 rings (SSSR count). The molecule has 0 aliphatic heterocycles. The largest absolute Gasteiger partial charge is 0.384 e. The van der Waals surface area contributed by atoms with Crippen LogP contribution in [0.3, 0.4) is 0 Å². The molecular formula is C12H21N5O2. The van der Waals surface area contributed by atoms with Crippen molar-refractivity contribution < 1.29 is 9.53 Å². The zero-order valence-corrected chi connectivity index (χ0v) is 11.6. The van der Waals surface area contributed by atoms with Gasteiger partial charge in [0.2, 0.25) is 5.91 Å². The van der Waals surface area contributed by atoms with Gasteiger partial charge in [0, 0.05) is 26.8 Å². The van der Waals surface area contributed by atoms with E-state index in [4.69, 9.17) is 10.5 Å². The second kappa shape index (κ2) is 7.52. The van der Waals surface area contributed by atoms with Gasteiger partial charge in [0.15, 0.2) is 5.82 Å². The van der Waals surface area contributed by atoms with E-state index in [0.717, 1.165) is 6.42 Å². The number of hydrogen-bond donors (Lipinski definition) is 2. The molecule has 0 radical (unpaired) electrons. The van der Waals surface area contributed by atoms with Crippen molar-refractivity contribution in [2.75, 3.05) is 37.9 Å². The highest BCUT2D eigenvalue weighted by Crippen LogP contribution is 2.12. The first-order chi connectivity index (χ1) is 9.06. The average molecular weight is 267 g/mol. The highest BCUT2D eigenvalue weighted by atomic mass is 16.5. The van der Waals surface area contributed by atoms with Crippen LogP contribution in [0.1, 0.15) is 19.2 Å². The number of methoxy groups -OCH3 is 1. The molecule has 0 atom stereocenters. The summed E-state index contributed by atoms with van der Waals surface area (Å²) in [5.41, 5.74) is 5.70. The Bertz CT molecular complexity index is 425. The zero-order chi connectivity index (χ0) is 14.3. The van der Waals surface area contributed by atoms with Gasteiger partial charge in [-0.05, 0) is 6.42 Å². The lowest BCUT2D eigenvalue weighted by molar-refractivity contribution is -0.119. The van der Waals surface area contributed by atoms with Crippen molar-refractivity contribution in [3.63, 3.8) is 0 Å². The quantitative estimate of drug-likeness (QED) is 0.731. The fraction of sp³-hybridized carbons (Fsp3) is 0.583. The lowest BCUT2D eigenvalue weighted by Crippen LogP contribution is -2.36. The van der Waals surface area contributed by atoms with Gasteiger partial charge >= 0.3 is 0 Å². The number of nitrogens with one attached hydrogen (secondary N) is 1. The molecule has 0 fully saturated rings.